The van der Waals surface area contributed by atoms with Crippen LogP contribution in [0.5, 0.6) is 5.75 Å². The van der Waals surface area contributed by atoms with Crippen LogP contribution in [0.1, 0.15) is 54.7 Å². The second kappa shape index (κ2) is 15.7. The van der Waals surface area contributed by atoms with Gasteiger partial charge in [0, 0.05) is 17.9 Å². The minimum absolute atomic E-state index is 0.0647. The number of hydrogen-bond donors (Lipinski definition) is 2. The normalized spacial score (nSPS) is 15.2. The molecule has 0 aromatic heterocycles. The van der Waals surface area contributed by atoms with Gasteiger partial charge in [-0.3, -0.25) is 9.69 Å². The Morgan fingerprint density at radius 2 is 1.42 bits per heavy atom. The zero-order chi connectivity index (χ0) is 36.8. The SMILES string of the molecule is CC(C)(C)OC(=O)N1Cc2cc(OC(c3ccccc3)c3ccc(Cl)cc3)ccc2CC1C(=O)N[C@@H](Cc1ccc(-c2ccccc2)cc1)C(=O)O. The van der Waals surface area contributed by atoms with E-state index in [1.807, 2.05) is 127 Å². The lowest BCUT2D eigenvalue weighted by atomic mass is 9.93. The quantitative estimate of drug-likeness (QED) is 0.150. The Hall–Kier alpha value is -5.60. The smallest absolute Gasteiger partial charge is 0.411 e. The number of rotatable bonds is 10. The van der Waals surface area contributed by atoms with E-state index in [9.17, 15) is 19.5 Å². The van der Waals surface area contributed by atoms with E-state index in [1.54, 1.807) is 20.8 Å². The van der Waals surface area contributed by atoms with Crippen molar-refractivity contribution in [3.63, 3.8) is 0 Å². The molecule has 5 aromatic carbocycles. The summed E-state index contributed by atoms with van der Waals surface area (Å²) in [5.74, 6) is -1.16. The van der Waals surface area contributed by atoms with E-state index in [0.717, 1.165) is 38.9 Å². The Morgan fingerprint density at radius 3 is 2.06 bits per heavy atom. The van der Waals surface area contributed by atoms with Crippen LogP contribution >= 0.6 is 11.6 Å². The largest absolute Gasteiger partial charge is 0.481 e. The molecule has 0 radical (unpaired) electrons. The summed E-state index contributed by atoms with van der Waals surface area (Å²) < 4.78 is 12.3. The Labute approximate surface area is 309 Å². The predicted molar refractivity (Wildman–Crippen MR) is 201 cm³/mol. The van der Waals surface area contributed by atoms with E-state index in [-0.39, 0.29) is 19.4 Å². The predicted octanol–water partition coefficient (Wildman–Crippen LogP) is 8.65. The summed E-state index contributed by atoms with van der Waals surface area (Å²) in [5.41, 5.74) is 5.50. The monoisotopic (exact) mass is 716 g/mol. The maximum Gasteiger partial charge on any atom is 0.411 e. The average molecular weight is 717 g/mol. The van der Waals surface area contributed by atoms with Crippen molar-refractivity contribution < 1.29 is 29.0 Å². The van der Waals surface area contributed by atoms with Crippen LogP contribution < -0.4 is 10.1 Å². The lowest BCUT2D eigenvalue weighted by Gasteiger charge is -2.37. The van der Waals surface area contributed by atoms with Crippen LogP contribution in [0.2, 0.25) is 5.02 Å². The van der Waals surface area contributed by atoms with Crippen LogP contribution in [0.3, 0.4) is 0 Å². The molecule has 0 spiro atoms. The van der Waals surface area contributed by atoms with Gasteiger partial charge in [0.05, 0.1) is 6.54 Å². The van der Waals surface area contributed by atoms with Gasteiger partial charge in [-0.2, -0.15) is 0 Å². The molecule has 6 rings (SSSR count). The molecule has 2 unspecified atom stereocenters. The molecule has 0 saturated heterocycles. The molecule has 266 valence electrons. The first kappa shape index (κ1) is 36.2. The summed E-state index contributed by atoms with van der Waals surface area (Å²) in [5, 5.41) is 13.5. The standard InChI is InChI=1S/C43H41ClN2O6/c1-43(2,3)52-42(50)46-27-34-25-36(51-39(31-12-8-5-9-13-31)32-18-21-35(44)22-19-32)23-20-33(34)26-38(46)40(47)45-37(41(48)49)24-28-14-16-30(17-15-28)29-10-6-4-7-11-29/h4-23,25,37-39H,24,26-27H2,1-3H3,(H,45,47)(H,48,49)/t37-,38?,39?/m0/s1. The molecule has 1 heterocycles. The minimum Gasteiger partial charge on any atom is -0.481 e. The molecule has 0 bridgehead atoms. The number of ether oxygens (including phenoxy) is 2. The molecule has 52 heavy (non-hydrogen) atoms. The van der Waals surface area contributed by atoms with Gasteiger partial charge in [-0.25, -0.2) is 9.59 Å². The van der Waals surface area contributed by atoms with E-state index in [1.165, 1.54) is 4.90 Å². The van der Waals surface area contributed by atoms with Crippen LogP contribution in [0.15, 0.2) is 127 Å². The molecule has 0 aliphatic carbocycles. The van der Waals surface area contributed by atoms with Gasteiger partial charge in [-0.1, -0.05) is 115 Å². The summed E-state index contributed by atoms with van der Waals surface area (Å²) in [4.78, 5) is 41.3. The molecule has 2 amide bonds. The number of nitrogens with zero attached hydrogens (tertiary/aromatic N) is 1. The molecule has 2 N–H and O–H groups in total. The highest BCUT2D eigenvalue weighted by Crippen LogP contribution is 2.33. The maximum absolute atomic E-state index is 13.9. The first-order valence-corrected chi connectivity index (χ1v) is 17.6. The molecule has 0 fully saturated rings. The van der Waals surface area contributed by atoms with Crippen LogP contribution in [0, 0.1) is 0 Å². The number of benzene rings is 5. The molecule has 1 aliphatic rings. The lowest BCUT2D eigenvalue weighted by Crippen LogP contribution is -2.56. The fourth-order valence-electron chi connectivity index (χ4n) is 6.28. The number of carbonyl (C=O) groups is 3. The van der Waals surface area contributed by atoms with E-state index < -0.39 is 41.8 Å². The van der Waals surface area contributed by atoms with Crippen molar-refractivity contribution >= 4 is 29.6 Å². The zero-order valence-corrected chi connectivity index (χ0v) is 30.0. The highest BCUT2D eigenvalue weighted by atomic mass is 35.5. The van der Waals surface area contributed by atoms with Crippen molar-refractivity contribution in [3.05, 3.63) is 160 Å². The number of amides is 2. The van der Waals surface area contributed by atoms with Gasteiger partial charge in [0.1, 0.15) is 29.5 Å². The Morgan fingerprint density at radius 1 is 0.808 bits per heavy atom. The van der Waals surface area contributed by atoms with E-state index >= 15 is 0 Å². The highest BCUT2D eigenvalue weighted by molar-refractivity contribution is 6.30. The van der Waals surface area contributed by atoms with Crippen LogP contribution in [0.4, 0.5) is 4.79 Å². The highest BCUT2D eigenvalue weighted by Gasteiger charge is 2.38. The zero-order valence-electron chi connectivity index (χ0n) is 29.3. The summed E-state index contributed by atoms with van der Waals surface area (Å²) in [6, 6.07) is 38.2. The number of fused-ring (bicyclic) bond motifs is 1. The molecule has 3 atom stereocenters. The third-order valence-corrected chi connectivity index (χ3v) is 9.14. The van der Waals surface area contributed by atoms with Gasteiger partial charge in [-0.15, -0.1) is 0 Å². The second-order valence-corrected chi connectivity index (χ2v) is 14.3. The number of hydrogen-bond acceptors (Lipinski definition) is 5. The van der Waals surface area contributed by atoms with Crippen molar-refractivity contribution in [3.8, 4) is 16.9 Å². The van der Waals surface area contributed by atoms with Crippen molar-refractivity contribution in [2.75, 3.05) is 0 Å². The lowest BCUT2D eigenvalue weighted by molar-refractivity contribution is -0.142. The molecular weight excluding hydrogens is 676 g/mol. The molecule has 0 saturated carbocycles. The topological polar surface area (TPSA) is 105 Å². The third kappa shape index (κ3) is 9.00. The van der Waals surface area contributed by atoms with Crippen LogP contribution in [-0.2, 0) is 33.7 Å². The van der Waals surface area contributed by atoms with E-state index in [0.29, 0.717) is 10.8 Å². The first-order chi connectivity index (χ1) is 24.9. The van der Waals surface area contributed by atoms with Crippen molar-refractivity contribution in [1.29, 1.82) is 0 Å². The average Bonchev–Trinajstić information content (AvgIpc) is 3.13. The molecule has 9 heteroatoms. The van der Waals surface area contributed by atoms with Gasteiger partial charge in [0.15, 0.2) is 0 Å². The van der Waals surface area contributed by atoms with Gasteiger partial charge in [-0.05, 0) is 84.0 Å². The van der Waals surface area contributed by atoms with Crippen molar-refractivity contribution in [2.24, 2.45) is 0 Å². The van der Waals surface area contributed by atoms with Gasteiger partial charge in [0.2, 0.25) is 5.91 Å². The number of nitrogens with one attached hydrogen (secondary N) is 1. The number of aliphatic carboxylic acids is 1. The van der Waals surface area contributed by atoms with Crippen LogP contribution in [0.25, 0.3) is 11.1 Å². The molecule has 8 nitrogen and oxygen atoms in total. The fourth-order valence-corrected chi connectivity index (χ4v) is 6.40. The first-order valence-electron chi connectivity index (χ1n) is 17.2. The number of carboxylic acids is 1. The van der Waals surface area contributed by atoms with E-state index in [4.69, 9.17) is 21.1 Å². The van der Waals surface area contributed by atoms with E-state index in [2.05, 4.69) is 5.32 Å². The maximum atomic E-state index is 13.9. The summed E-state index contributed by atoms with van der Waals surface area (Å²) in [7, 11) is 0. The molecular formula is C43H41ClN2O6. The third-order valence-electron chi connectivity index (χ3n) is 8.88. The summed E-state index contributed by atoms with van der Waals surface area (Å²) in [6.45, 7) is 5.34. The van der Waals surface area contributed by atoms with Crippen molar-refractivity contribution in [1.82, 2.24) is 10.2 Å². The van der Waals surface area contributed by atoms with Crippen molar-refractivity contribution in [2.45, 2.75) is 63.9 Å². The Kier molecular flexibility index (Phi) is 11.0. The van der Waals surface area contributed by atoms with Gasteiger partial charge in [0.25, 0.3) is 0 Å². The second-order valence-electron chi connectivity index (χ2n) is 13.9. The molecule has 5 aromatic rings. The Balaban J connectivity index is 1.23. The number of carbonyl (C=O) groups excluding carboxylic acids is 2. The minimum atomic E-state index is -1.21. The van der Waals surface area contributed by atoms with Gasteiger partial charge < -0.3 is 19.9 Å². The van der Waals surface area contributed by atoms with Crippen LogP contribution in [-0.4, -0.2) is 45.7 Å². The Bertz CT molecular complexity index is 2010. The number of carboxylic acid groups (broad SMARTS) is 1. The number of halogens is 1. The summed E-state index contributed by atoms with van der Waals surface area (Å²) >= 11 is 6.18. The fraction of sp³-hybridized carbons (Fsp3) is 0.233. The molecule has 1 aliphatic heterocycles. The summed E-state index contributed by atoms with van der Waals surface area (Å²) in [6.07, 6.45) is -0.861. The van der Waals surface area contributed by atoms with Gasteiger partial charge >= 0.3 is 12.1 Å².